The topological polar surface area (TPSA) is 94.1 Å². The van der Waals surface area contributed by atoms with Crippen molar-refractivity contribution in [2.24, 2.45) is 0 Å². The molecule has 0 unspecified atom stereocenters. The molecular formula is C23H16N4O3. The Morgan fingerprint density at radius 2 is 1.90 bits per heavy atom. The van der Waals surface area contributed by atoms with Crippen molar-refractivity contribution < 1.29 is 13.6 Å². The van der Waals surface area contributed by atoms with Crippen molar-refractivity contribution in [3.8, 4) is 22.8 Å². The standard InChI is InChI=1S/C23H16N4O3/c1-14-4-6-15(7-5-14)21-20(25-13-29-21)22(28)26-17-8-9-18-19(11-17)30-23(27-18)16-3-2-10-24-12-16/h2-13H,1H3,(H,26,28). The Kier molecular flexibility index (Phi) is 4.33. The lowest BCUT2D eigenvalue weighted by Gasteiger charge is -2.05. The smallest absolute Gasteiger partial charge is 0.278 e. The molecule has 0 aliphatic carbocycles. The second kappa shape index (κ2) is 7.29. The second-order valence-corrected chi connectivity index (χ2v) is 6.79. The van der Waals surface area contributed by atoms with E-state index in [9.17, 15) is 4.79 Å². The third-order valence-electron chi connectivity index (χ3n) is 4.65. The van der Waals surface area contributed by atoms with E-state index < -0.39 is 0 Å². The molecule has 0 saturated carbocycles. The number of carbonyl (C=O) groups excluding carboxylic acids is 1. The first-order valence-electron chi connectivity index (χ1n) is 9.30. The van der Waals surface area contributed by atoms with Gasteiger partial charge in [-0.25, -0.2) is 9.97 Å². The van der Waals surface area contributed by atoms with E-state index in [1.807, 2.05) is 43.3 Å². The highest BCUT2D eigenvalue weighted by molar-refractivity contribution is 6.06. The zero-order valence-electron chi connectivity index (χ0n) is 16.0. The Morgan fingerprint density at radius 3 is 2.70 bits per heavy atom. The van der Waals surface area contributed by atoms with E-state index >= 15 is 0 Å². The average Bonchev–Trinajstić information content (AvgIpc) is 3.42. The zero-order chi connectivity index (χ0) is 20.5. The summed E-state index contributed by atoms with van der Waals surface area (Å²) < 4.78 is 11.3. The average molecular weight is 396 g/mol. The van der Waals surface area contributed by atoms with Gasteiger partial charge in [0.05, 0.1) is 5.56 Å². The number of hydrogen-bond donors (Lipinski definition) is 1. The van der Waals surface area contributed by atoms with Crippen molar-refractivity contribution in [2.75, 3.05) is 5.32 Å². The van der Waals surface area contributed by atoms with Crippen LogP contribution in [0.2, 0.25) is 0 Å². The Morgan fingerprint density at radius 1 is 1.03 bits per heavy atom. The van der Waals surface area contributed by atoms with Crippen LogP contribution in [0.3, 0.4) is 0 Å². The summed E-state index contributed by atoms with van der Waals surface area (Å²) in [5.74, 6) is 0.525. The van der Waals surface area contributed by atoms with Gasteiger partial charge >= 0.3 is 0 Å². The van der Waals surface area contributed by atoms with Crippen molar-refractivity contribution in [1.82, 2.24) is 15.0 Å². The molecule has 0 atom stereocenters. The molecule has 1 amide bonds. The number of nitrogens with zero attached hydrogens (tertiary/aromatic N) is 3. The van der Waals surface area contributed by atoms with E-state index in [1.165, 1.54) is 6.39 Å². The number of aromatic nitrogens is 3. The van der Waals surface area contributed by atoms with E-state index in [0.717, 1.165) is 16.7 Å². The van der Waals surface area contributed by atoms with Gasteiger partial charge in [0.2, 0.25) is 5.89 Å². The molecule has 0 spiro atoms. The molecule has 7 heteroatoms. The maximum atomic E-state index is 12.8. The van der Waals surface area contributed by atoms with Crippen molar-refractivity contribution >= 4 is 22.7 Å². The number of aryl methyl sites for hydroxylation is 1. The number of benzene rings is 2. The van der Waals surface area contributed by atoms with Gasteiger partial charge < -0.3 is 14.2 Å². The quantitative estimate of drug-likeness (QED) is 0.454. The monoisotopic (exact) mass is 396 g/mol. The van der Waals surface area contributed by atoms with E-state index in [1.54, 1.807) is 30.6 Å². The number of hydrogen-bond acceptors (Lipinski definition) is 6. The summed E-state index contributed by atoms with van der Waals surface area (Å²) in [6, 6.07) is 16.7. The zero-order valence-corrected chi connectivity index (χ0v) is 16.0. The first-order chi connectivity index (χ1) is 14.7. The number of oxazole rings is 2. The Bertz CT molecular complexity index is 1340. The minimum absolute atomic E-state index is 0.215. The summed E-state index contributed by atoms with van der Waals surface area (Å²) in [7, 11) is 0. The van der Waals surface area contributed by atoms with Gasteiger partial charge in [-0.05, 0) is 31.2 Å². The number of pyridine rings is 1. The number of fused-ring (bicyclic) bond motifs is 1. The van der Waals surface area contributed by atoms with Crippen molar-refractivity contribution in [2.45, 2.75) is 6.92 Å². The van der Waals surface area contributed by atoms with Crippen LogP contribution in [-0.4, -0.2) is 20.9 Å². The lowest BCUT2D eigenvalue weighted by Crippen LogP contribution is -2.13. The van der Waals surface area contributed by atoms with Crippen molar-refractivity contribution in [3.63, 3.8) is 0 Å². The molecule has 0 bridgehead atoms. The highest BCUT2D eigenvalue weighted by Gasteiger charge is 2.19. The predicted octanol–water partition coefficient (Wildman–Crippen LogP) is 5.11. The van der Waals surface area contributed by atoms with Gasteiger partial charge in [-0.15, -0.1) is 0 Å². The van der Waals surface area contributed by atoms with E-state index in [4.69, 9.17) is 8.83 Å². The molecule has 1 N–H and O–H groups in total. The molecule has 146 valence electrons. The number of anilines is 1. The molecule has 0 radical (unpaired) electrons. The third kappa shape index (κ3) is 3.33. The number of rotatable bonds is 4. The van der Waals surface area contributed by atoms with Gasteiger partial charge in [-0.1, -0.05) is 29.8 Å². The number of carbonyl (C=O) groups is 1. The molecule has 5 rings (SSSR count). The van der Waals surface area contributed by atoms with Gasteiger partial charge in [0.25, 0.3) is 5.91 Å². The highest BCUT2D eigenvalue weighted by Crippen LogP contribution is 2.27. The molecule has 0 aliphatic rings. The van der Waals surface area contributed by atoms with Crippen LogP contribution in [0.25, 0.3) is 33.9 Å². The highest BCUT2D eigenvalue weighted by atomic mass is 16.3. The Labute approximate surface area is 171 Å². The fraction of sp³-hybridized carbons (Fsp3) is 0.0435. The van der Waals surface area contributed by atoms with Crippen LogP contribution >= 0.6 is 0 Å². The SMILES string of the molecule is Cc1ccc(-c2ocnc2C(=O)Nc2ccc3nc(-c4cccnc4)oc3c2)cc1. The van der Waals surface area contributed by atoms with E-state index in [2.05, 4.69) is 20.3 Å². The Hall–Kier alpha value is -4.26. The molecule has 3 aromatic heterocycles. The summed E-state index contributed by atoms with van der Waals surface area (Å²) in [6.07, 6.45) is 4.64. The molecule has 7 nitrogen and oxygen atoms in total. The summed E-state index contributed by atoms with van der Waals surface area (Å²) in [5, 5.41) is 2.85. The lowest BCUT2D eigenvalue weighted by molar-refractivity contribution is 0.102. The van der Waals surface area contributed by atoms with Crippen molar-refractivity contribution in [1.29, 1.82) is 0 Å². The minimum atomic E-state index is -0.370. The Balaban J connectivity index is 1.42. The van der Waals surface area contributed by atoms with Crippen LogP contribution in [0.4, 0.5) is 5.69 Å². The molecule has 0 aliphatic heterocycles. The number of amides is 1. The molecule has 0 saturated heterocycles. The minimum Gasteiger partial charge on any atom is -0.443 e. The van der Waals surface area contributed by atoms with Crippen LogP contribution in [0, 0.1) is 6.92 Å². The molecule has 3 heterocycles. The predicted molar refractivity (Wildman–Crippen MR) is 112 cm³/mol. The van der Waals surface area contributed by atoms with Crippen LogP contribution in [-0.2, 0) is 0 Å². The first kappa shape index (κ1) is 17.8. The summed E-state index contributed by atoms with van der Waals surface area (Å²) in [4.78, 5) is 25.5. The summed E-state index contributed by atoms with van der Waals surface area (Å²) >= 11 is 0. The maximum Gasteiger partial charge on any atom is 0.278 e. The normalized spacial score (nSPS) is 11.0. The first-order valence-corrected chi connectivity index (χ1v) is 9.30. The van der Waals surface area contributed by atoms with E-state index in [-0.39, 0.29) is 11.6 Å². The van der Waals surface area contributed by atoms with Gasteiger partial charge in [-0.2, -0.15) is 0 Å². The van der Waals surface area contributed by atoms with Gasteiger partial charge in [0.1, 0.15) is 5.52 Å². The molecule has 2 aromatic carbocycles. The van der Waals surface area contributed by atoms with Gasteiger partial charge in [-0.3, -0.25) is 9.78 Å². The maximum absolute atomic E-state index is 12.8. The number of nitrogens with one attached hydrogen (secondary N) is 1. The largest absolute Gasteiger partial charge is 0.443 e. The summed E-state index contributed by atoms with van der Waals surface area (Å²) in [6.45, 7) is 2.00. The second-order valence-electron chi connectivity index (χ2n) is 6.79. The van der Waals surface area contributed by atoms with Crippen molar-refractivity contribution in [3.05, 3.63) is 84.6 Å². The lowest BCUT2D eigenvalue weighted by atomic mass is 10.1. The fourth-order valence-electron chi connectivity index (χ4n) is 3.12. The van der Waals surface area contributed by atoms with Crippen LogP contribution < -0.4 is 5.32 Å². The van der Waals surface area contributed by atoms with Gasteiger partial charge in [0, 0.05) is 29.7 Å². The molecule has 5 aromatic rings. The molecule has 0 fully saturated rings. The van der Waals surface area contributed by atoms with Crippen LogP contribution in [0.1, 0.15) is 16.1 Å². The molecular weight excluding hydrogens is 380 g/mol. The van der Waals surface area contributed by atoms with Gasteiger partial charge in [0.15, 0.2) is 23.4 Å². The fourth-order valence-corrected chi connectivity index (χ4v) is 3.12. The van der Waals surface area contributed by atoms with Crippen LogP contribution in [0.5, 0.6) is 0 Å². The summed E-state index contributed by atoms with van der Waals surface area (Å²) in [5.41, 5.74) is 4.72. The molecule has 30 heavy (non-hydrogen) atoms. The van der Waals surface area contributed by atoms with Crippen LogP contribution in [0.15, 0.2) is 82.2 Å². The van der Waals surface area contributed by atoms with E-state index in [0.29, 0.717) is 28.4 Å². The third-order valence-corrected chi connectivity index (χ3v) is 4.65.